The Balaban J connectivity index is 1.71. The second-order valence-corrected chi connectivity index (χ2v) is 9.81. The van der Waals surface area contributed by atoms with E-state index in [-0.39, 0.29) is 24.0 Å². The van der Waals surface area contributed by atoms with E-state index in [0.717, 1.165) is 5.56 Å². The summed E-state index contributed by atoms with van der Waals surface area (Å²) in [4.78, 5) is 29.3. The van der Waals surface area contributed by atoms with Crippen molar-refractivity contribution < 1.29 is 19.1 Å². The number of hydrogen-bond acceptors (Lipinski definition) is 4. The number of carbonyl (C=O) groups is 2. The number of hydrogen-bond donors (Lipinski definition) is 0. The van der Waals surface area contributed by atoms with E-state index in [9.17, 15) is 9.59 Å². The van der Waals surface area contributed by atoms with Crippen LogP contribution in [0.25, 0.3) is 0 Å². The number of ether oxygens (including phenoxy) is 2. The van der Waals surface area contributed by atoms with Gasteiger partial charge in [-0.1, -0.05) is 59.6 Å². The number of anilines is 1. The van der Waals surface area contributed by atoms with Gasteiger partial charge >= 0.3 is 0 Å². The Bertz CT molecular complexity index is 1330. The summed E-state index contributed by atoms with van der Waals surface area (Å²) < 4.78 is 10.9. The molecule has 2 unspecified atom stereocenters. The van der Waals surface area contributed by atoms with Crippen LogP contribution >= 0.6 is 23.2 Å². The molecular weight excluding hydrogens is 497 g/mol. The third-order valence-electron chi connectivity index (χ3n) is 6.94. The van der Waals surface area contributed by atoms with Crippen LogP contribution in [-0.4, -0.2) is 25.9 Å². The molecule has 2 aliphatic rings. The highest BCUT2D eigenvalue weighted by atomic mass is 35.5. The minimum Gasteiger partial charge on any atom is -0.497 e. The Morgan fingerprint density at radius 3 is 2.06 bits per heavy atom. The first-order valence-corrected chi connectivity index (χ1v) is 12.5. The van der Waals surface area contributed by atoms with E-state index in [1.54, 1.807) is 55.5 Å². The van der Waals surface area contributed by atoms with Crippen molar-refractivity contribution in [2.75, 3.05) is 19.1 Å². The number of methoxy groups -OCH3 is 2. The van der Waals surface area contributed by atoms with Gasteiger partial charge in [0.05, 0.1) is 19.9 Å². The number of ketones is 1. The molecule has 0 radical (unpaired) electrons. The minimum atomic E-state index is -0.512. The first kappa shape index (κ1) is 24.4. The fourth-order valence-electron chi connectivity index (χ4n) is 5.31. The summed E-state index contributed by atoms with van der Waals surface area (Å²) in [5.74, 6) is 0.391. The standard InChI is InChI=1S/C29H25Cl2NO4/c1-35-20-13-19(14-21(15-20)36-2)32-25-11-18(17-7-4-3-5-8-17)12-26(33)29(25)22(16-27(32)34)28-23(30)9-6-10-24(28)31/h3-10,13-15,18,22H,11-12,16H2,1-2H3. The van der Waals surface area contributed by atoms with Gasteiger partial charge in [-0.25, -0.2) is 0 Å². The minimum absolute atomic E-state index is 0.00143. The molecule has 2 atom stereocenters. The Labute approximate surface area is 220 Å². The fraction of sp³-hybridized carbons (Fsp3) is 0.241. The summed E-state index contributed by atoms with van der Waals surface area (Å²) in [6, 6.07) is 20.5. The van der Waals surface area contributed by atoms with E-state index < -0.39 is 5.92 Å². The molecule has 0 bridgehead atoms. The van der Waals surface area contributed by atoms with E-state index in [4.69, 9.17) is 32.7 Å². The van der Waals surface area contributed by atoms with E-state index in [1.807, 2.05) is 30.3 Å². The Morgan fingerprint density at radius 2 is 1.44 bits per heavy atom. The van der Waals surface area contributed by atoms with Crippen LogP contribution in [0.15, 0.2) is 78.0 Å². The van der Waals surface area contributed by atoms with Gasteiger partial charge in [0.2, 0.25) is 5.91 Å². The van der Waals surface area contributed by atoms with Gasteiger partial charge in [-0.3, -0.25) is 14.5 Å². The molecule has 5 rings (SSSR count). The number of Topliss-reactive ketones (excluding diaryl/α,β-unsaturated/α-hetero) is 1. The average Bonchev–Trinajstić information content (AvgIpc) is 2.88. The van der Waals surface area contributed by atoms with Crippen molar-refractivity contribution in [1.29, 1.82) is 0 Å². The SMILES string of the molecule is COc1cc(OC)cc(N2C(=O)CC(c3c(Cl)cccc3Cl)C3=C2CC(c2ccccc2)CC3=O)c1. The molecule has 0 saturated carbocycles. The van der Waals surface area contributed by atoms with Crippen LogP contribution < -0.4 is 14.4 Å². The molecule has 0 N–H and O–H groups in total. The number of carbonyl (C=O) groups excluding carboxylic acids is 2. The molecule has 1 amide bonds. The van der Waals surface area contributed by atoms with Crippen molar-refractivity contribution in [2.24, 2.45) is 0 Å². The van der Waals surface area contributed by atoms with Crippen molar-refractivity contribution >= 4 is 40.6 Å². The Kier molecular flexibility index (Phi) is 6.78. The largest absolute Gasteiger partial charge is 0.497 e. The van der Waals surface area contributed by atoms with Gasteiger partial charge in [-0.2, -0.15) is 0 Å². The molecular formula is C29H25Cl2NO4. The maximum absolute atomic E-state index is 13.8. The molecule has 3 aromatic rings. The van der Waals surface area contributed by atoms with Crippen LogP contribution in [0.2, 0.25) is 10.0 Å². The van der Waals surface area contributed by atoms with E-state index in [1.165, 1.54) is 0 Å². The lowest BCUT2D eigenvalue weighted by atomic mass is 9.72. The van der Waals surface area contributed by atoms with Crippen molar-refractivity contribution in [3.8, 4) is 11.5 Å². The van der Waals surface area contributed by atoms with Crippen LogP contribution in [0.4, 0.5) is 5.69 Å². The van der Waals surface area contributed by atoms with Gasteiger partial charge in [0, 0.05) is 58.3 Å². The van der Waals surface area contributed by atoms with E-state index in [2.05, 4.69) is 0 Å². The number of benzene rings is 3. The smallest absolute Gasteiger partial charge is 0.232 e. The van der Waals surface area contributed by atoms with Crippen molar-refractivity contribution in [1.82, 2.24) is 0 Å². The van der Waals surface area contributed by atoms with Gasteiger partial charge in [0.25, 0.3) is 0 Å². The van der Waals surface area contributed by atoms with Gasteiger partial charge in [0.1, 0.15) is 11.5 Å². The zero-order valence-corrected chi connectivity index (χ0v) is 21.5. The zero-order chi connectivity index (χ0) is 25.4. The normalized spacial score (nSPS) is 19.8. The molecule has 0 saturated heterocycles. The van der Waals surface area contributed by atoms with Crippen molar-refractivity contribution in [3.05, 3.63) is 99.2 Å². The summed E-state index contributed by atoms with van der Waals surface area (Å²) in [6.07, 6.45) is 0.948. The monoisotopic (exact) mass is 521 g/mol. The number of amides is 1. The molecule has 184 valence electrons. The van der Waals surface area contributed by atoms with Gasteiger partial charge in [0.15, 0.2) is 5.78 Å². The summed E-state index contributed by atoms with van der Waals surface area (Å²) >= 11 is 13.1. The molecule has 0 aromatic heterocycles. The van der Waals surface area contributed by atoms with Crippen LogP contribution in [-0.2, 0) is 9.59 Å². The predicted molar refractivity (Wildman–Crippen MR) is 141 cm³/mol. The molecule has 1 aliphatic heterocycles. The summed E-state index contributed by atoms with van der Waals surface area (Å²) in [5.41, 5.74) is 3.54. The summed E-state index contributed by atoms with van der Waals surface area (Å²) in [7, 11) is 3.12. The Morgan fingerprint density at radius 1 is 0.806 bits per heavy atom. The maximum Gasteiger partial charge on any atom is 0.232 e. The van der Waals surface area contributed by atoms with E-state index in [0.29, 0.717) is 56.9 Å². The topological polar surface area (TPSA) is 55.8 Å². The predicted octanol–water partition coefficient (Wildman–Crippen LogP) is 6.93. The second-order valence-electron chi connectivity index (χ2n) is 8.99. The maximum atomic E-state index is 13.8. The lowest BCUT2D eigenvalue weighted by Gasteiger charge is -2.41. The highest BCUT2D eigenvalue weighted by Gasteiger charge is 2.43. The van der Waals surface area contributed by atoms with Crippen LogP contribution in [0, 0.1) is 0 Å². The van der Waals surface area contributed by atoms with Crippen LogP contribution in [0.1, 0.15) is 42.2 Å². The molecule has 0 fully saturated rings. The Hall–Kier alpha value is -3.28. The lowest BCUT2D eigenvalue weighted by Crippen LogP contribution is -2.42. The third kappa shape index (κ3) is 4.38. The molecule has 1 heterocycles. The van der Waals surface area contributed by atoms with E-state index >= 15 is 0 Å². The number of halogens is 2. The summed E-state index contributed by atoms with van der Waals surface area (Å²) in [5, 5.41) is 0.892. The molecule has 7 heteroatoms. The first-order valence-electron chi connectivity index (χ1n) is 11.7. The fourth-order valence-corrected chi connectivity index (χ4v) is 5.97. The first-order chi connectivity index (χ1) is 17.4. The van der Waals surface area contributed by atoms with Crippen molar-refractivity contribution in [2.45, 2.75) is 31.1 Å². The average molecular weight is 522 g/mol. The quantitative estimate of drug-likeness (QED) is 0.365. The molecule has 5 nitrogen and oxygen atoms in total. The van der Waals surface area contributed by atoms with Crippen LogP contribution in [0.5, 0.6) is 11.5 Å². The highest BCUT2D eigenvalue weighted by Crippen LogP contribution is 2.50. The number of rotatable bonds is 5. The van der Waals surface area contributed by atoms with Crippen LogP contribution in [0.3, 0.4) is 0 Å². The van der Waals surface area contributed by atoms with Gasteiger partial charge < -0.3 is 9.47 Å². The summed E-state index contributed by atoms with van der Waals surface area (Å²) in [6.45, 7) is 0. The second kappa shape index (κ2) is 10.00. The zero-order valence-electron chi connectivity index (χ0n) is 20.0. The third-order valence-corrected chi connectivity index (χ3v) is 7.60. The van der Waals surface area contributed by atoms with Gasteiger partial charge in [-0.05, 0) is 35.6 Å². The molecule has 3 aromatic carbocycles. The number of nitrogens with zero attached hydrogens (tertiary/aromatic N) is 1. The lowest BCUT2D eigenvalue weighted by molar-refractivity contribution is -0.120. The molecule has 36 heavy (non-hydrogen) atoms. The van der Waals surface area contributed by atoms with Crippen molar-refractivity contribution in [3.63, 3.8) is 0 Å². The van der Waals surface area contributed by atoms with Gasteiger partial charge in [-0.15, -0.1) is 0 Å². The molecule has 0 spiro atoms. The molecule has 1 aliphatic carbocycles. The highest BCUT2D eigenvalue weighted by molar-refractivity contribution is 6.36. The number of allylic oxidation sites excluding steroid dienone is 2.